The maximum atomic E-state index is 12.5. The van der Waals surface area contributed by atoms with Crippen molar-refractivity contribution in [3.05, 3.63) is 83.6 Å². The number of piperidine rings is 1. The number of amides is 1. The van der Waals surface area contributed by atoms with Crippen LogP contribution in [-0.4, -0.2) is 55.9 Å². The summed E-state index contributed by atoms with van der Waals surface area (Å²) in [4.78, 5) is 30.8. The lowest BCUT2D eigenvalue weighted by Crippen LogP contribution is -2.44. The van der Waals surface area contributed by atoms with Gasteiger partial charge in [-0.3, -0.25) is 4.79 Å². The number of nitrogens with zero attached hydrogens (tertiary/aromatic N) is 2. The Labute approximate surface area is 256 Å². The fraction of sp³-hybridized carbons (Fsp3) is 0.343. The molecule has 1 aliphatic heterocycles. The van der Waals surface area contributed by atoms with Crippen LogP contribution in [0.3, 0.4) is 0 Å². The third-order valence-corrected chi connectivity index (χ3v) is 9.01. The first-order valence-corrected chi connectivity index (χ1v) is 15.0. The van der Waals surface area contributed by atoms with E-state index in [4.69, 9.17) is 24.7 Å². The second kappa shape index (κ2) is 12.1. The Bertz CT molecular complexity index is 1710. The molecular formula is C35H37N3O6. The molecule has 228 valence electrons. The minimum absolute atomic E-state index is 0.0958. The Morgan fingerprint density at radius 3 is 2.52 bits per heavy atom. The Morgan fingerprint density at radius 1 is 1.00 bits per heavy atom. The highest BCUT2D eigenvalue weighted by atomic mass is 16.5. The number of carbonyl (C=O) groups excluding carboxylic acids is 2. The van der Waals surface area contributed by atoms with Gasteiger partial charge in [-0.2, -0.15) is 0 Å². The Morgan fingerprint density at radius 2 is 1.77 bits per heavy atom. The summed E-state index contributed by atoms with van der Waals surface area (Å²) < 4.78 is 22.6. The van der Waals surface area contributed by atoms with Crippen LogP contribution in [-0.2, 0) is 26.1 Å². The number of nitrogen functional groups attached to an aromatic ring is 1. The van der Waals surface area contributed by atoms with Crippen molar-refractivity contribution >= 4 is 28.7 Å². The second-order valence-electron chi connectivity index (χ2n) is 11.4. The predicted octanol–water partition coefficient (Wildman–Crippen LogP) is 6.22. The molecule has 1 unspecified atom stereocenters. The molecule has 9 heteroatoms. The van der Waals surface area contributed by atoms with Crippen molar-refractivity contribution in [3.63, 3.8) is 0 Å². The molecule has 0 radical (unpaired) electrons. The van der Waals surface area contributed by atoms with Gasteiger partial charge in [0, 0.05) is 41.7 Å². The molecule has 2 heterocycles. The number of carbonyl (C=O) groups is 2. The van der Waals surface area contributed by atoms with Crippen LogP contribution in [0.15, 0.2) is 66.9 Å². The number of nitrogens with two attached hydrogens (primary N) is 1. The lowest BCUT2D eigenvalue weighted by atomic mass is 9.73. The maximum absolute atomic E-state index is 12.5. The number of aromatic nitrogens is 1. The lowest BCUT2D eigenvalue weighted by molar-refractivity contribution is -0.142. The summed E-state index contributed by atoms with van der Waals surface area (Å²) in [5, 5.41) is 1.94. The number of pyridine rings is 1. The van der Waals surface area contributed by atoms with Gasteiger partial charge in [0.1, 0.15) is 23.4 Å². The minimum Gasteiger partial charge on any atom is -0.497 e. The second-order valence-corrected chi connectivity index (χ2v) is 11.4. The monoisotopic (exact) mass is 595 g/mol. The molecule has 1 saturated heterocycles. The highest BCUT2D eigenvalue weighted by molar-refractivity contribution is 5.94. The molecule has 1 aromatic heterocycles. The van der Waals surface area contributed by atoms with Crippen molar-refractivity contribution in [2.75, 3.05) is 39.6 Å². The van der Waals surface area contributed by atoms with Gasteiger partial charge in [-0.25, -0.2) is 9.78 Å². The number of anilines is 1. The number of hydrogen-bond donors (Lipinski definition) is 1. The van der Waals surface area contributed by atoms with E-state index < -0.39 is 0 Å². The van der Waals surface area contributed by atoms with E-state index in [0.29, 0.717) is 37.0 Å². The molecule has 4 aromatic rings. The minimum atomic E-state index is -0.312. The smallest absolute Gasteiger partial charge is 0.409 e. The van der Waals surface area contributed by atoms with Gasteiger partial charge < -0.3 is 29.6 Å². The number of methoxy groups -OCH3 is 2. The van der Waals surface area contributed by atoms with Crippen molar-refractivity contribution in [2.45, 2.75) is 44.1 Å². The molecule has 2 aliphatic rings. The molecule has 1 amide bonds. The fourth-order valence-corrected chi connectivity index (χ4v) is 6.70. The quantitative estimate of drug-likeness (QED) is 0.251. The zero-order chi connectivity index (χ0) is 30.8. The van der Waals surface area contributed by atoms with Gasteiger partial charge >= 0.3 is 12.1 Å². The van der Waals surface area contributed by atoms with Gasteiger partial charge in [-0.15, -0.1) is 0 Å². The van der Waals surface area contributed by atoms with Crippen molar-refractivity contribution < 1.29 is 28.5 Å². The SMILES string of the molecule is CCOC(=O)Cc1ccc(OC)cc1OC1CC2(CCN(C(=O)OC)CC2)c2ccc(-c3ccc4ccnc(N)c4c3)cc21. The summed E-state index contributed by atoms with van der Waals surface area (Å²) >= 11 is 0. The highest BCUT2D eigenvalue weighted by Crippen LogP contribution is 2.53. The van der Waals surface area contributed by atoms with Crippen molar-refractivity contribution in [1.29, 1.82) is 0 Å². The molecule has 6 rings (SSSR count). The number of hydrogen-bond acceptors (Lipinski definition) is 8. The molecule has 1 fully saturated rings. The summed E-state index contributed by atoms with van der Waals surface area (Å²) in [6, 6.07) is 20.3. The molecule has 3 aromatic carbocycles. The van der Waals surface area contributed by atoms with E-state index in [0.717, 1.165) is 52.3 Å². The zero-order valence-electron chi connectivity index (χ0n) is 25.3. The molecule has 0 bridgehead atoms. The van der Waals surface area contributed by atoms with E-state index in [9.17, 15) is 9.59 Å². The number of ether oxygens (including phenoxy) is 4. The van der Waals surface area contributed by atoms with E-state index in [1.165, 1.54) is 12.7 Å². The van der Waals surface area contributed by atoms with Gasteiger partial charge in [0.25, 0.3) is 0 Å². The molecular weight excluding hydrogens is 558 g/mol. The third-order valence-electron chi connectivity index (χ3n) is 9.01. The van der Waals surface area contributed by atoms with Crippen LogP contribution in [0.25, 0.3) is 21.9 Å². The topological polar surface area (TPSA) is 113 Å². The first-order chi connectivity index (χ1) is 21.3. The maximum Gasteiger partial charge on any atom is 0.409 e. The van der Waals surface area contributed by atoms with Crippen LogP contribution >= 0.6 is 0 Å². The average molecular weight is 596 g/mol. The normalized spacial score (nSPS) is 16.9. The number of benzene rings is 3. The van der Waals surface area contributed by atoms with E-state index in [1.807, 2.05) is 24.3 Å². The van der Waals surface area contributed by atoms with Crippen LogP contribution in [0.4, 0.5) is 10.6 Å². The highest BCUT2D eigenvalue weighted by Gasteiger charge is 2.47. The third kappa shape index (κ3) is 5.50. The molecule has 2 N–H and O–H groups in total. The standard InChI is InChI=1S/C35H37N3O6/c1-4-43-32(39)19-25-7-9-26(41-2)20-30(25)44-31-21-35(12-15-38(16-13-35)34(40)42-3)29-10-8-24(18-28(29)31)23-6-5-22-11-14-37-33(36)27(22)17-23/h5-11,14,17-18,20,31H,4,12-13,15-16,19,21H2,1-3H3,(H2,36,37). The molecule has 9 nitrogen and oxygen atoms in total. The van der Waals surface area contributed by atoms with Crippen molar-refractivity contribution in [2.24, 2.45) is 0 Å². The van der Waals surface area contributed by atoms with Gasteiger partial charge in [-0.1, -0.05) is 30.3 Å². The van der Waals surface area contributed by atoms with E-state index in [2.05, 4.69) is 41.4 Å². The van der Waals surface area contributed by atoms with Gasteiger partial charge in [0.05, 0.1) is 27.2 Å². The Hall–Kier alpha value is -4.79. The summed E-state index contributed by atoms with van der Waals surface area (Å²) in [5.41, 5.74) is 11.2. The van der Waals surface area contributed by atoms with E-state index in [-0.39, 0.29) is 30.0 Å². The predicted molar refractivity (Wildman–Crippen MR) is 168 cm³/mol. The summed E-state index contributed by atoms with van der Waals surface area (Å²) in [6.07, 6.45) is 3.56. The summed E-state index contributed by atoms with van der Waals surface area (Å²) in [6.45, 7) is 3.31. The zero-order valence-corrected chi connectivity index (χ0v) is 25.3. The van der Waals surface area contributed by atoms with Crippen LogP contribution in [0, 0.1) is 0 Å². The van der Waals surface area contributed by atoms with E-state index >= 15 is 0 Å². The van der Waals surface area contributed by atoms with Crippen LogP contribution in [0.1, 0.15) is 49.0 Å². The van der Waals surface area contributed by atoms with Crippen LogP contribution < -0.4 is 15.2 Å². The first-order valence-electron chi connectivity index (χ1n) is 15.0. The number of rotatable bonds is 7. The van der Waals surface area contributed by atoms with Gasteiger partial charge in [0.15, 0.2) is 0 Å². The molecule has 44 heavy (non-hydrogen) atoms. The number of likely N-dealkylation sites (tertiary alicyclic amines) is 1. The lowest BCUT2D eigenvalue weighted by Gasteiger charge is -2.39. The molecule has 1 atom stereocenters. The summed E-state index contributed by atoms with van der Waals surface area (Å²) in [5.74, 6) is 1.42. The fourth-order valence-electron chi connectivity index (χ4n) is 6.70. The Kier molecular flexibility index (Phi) is 8.03. The summed E-state index contributed by atoms with van der Waals surface area (Å²) in [7, 11) is 3.03. The largest absolute Gasteiger partial charge is 0.497 e. The number of esters is 1. The molecule has 1 aliphatic carbocycles. The molecule has 1 spiro atoms. The Balaban J connectivity index is 1.40. The van der Waals surface area contributed by atoms with Crippen molar-refractivity contribution in [1.82, 2.24) is 9.88 Å². The molecule has 0 saturated carbocycles. The first kappa shape index (κ1) is 29.3. The number of fused-ring (bicyclic) bond motifs is 3. The van der Waals surface area contributed by atoms with Gasteiger partial charge in [-0.05, 0) is 78.1 Å². The average Bonchev–Trinajstić information content (AvgIpc) is 3.33. The van der Waals surface area contributed by atoms with Gasteiger partial charge in [0.2, 0.25) is 0 Å². The van der Waals surface area contributed by atoms with Crippen LogP contribution in [0.5, 0.6) is 11.5 Å². The van der Waals surface area contributed by atoms with Crippen LogP contribution in [0.2, 0.25) is 0 Å². The van der Waals surface area contributed by atoms with E-state index in [1.54, 1.807) is 25.1 Å². The van der Waals surface area contributed by atoms with Crippen molar-refractivity contribution in [3.8, 4) is 22.6 Å².